The van der Waals surface area contributed by atoms with E-state index in [0.717, 1.165) is 44.8 Å². The molecule has 31 heavy (non-hydrogen) atoms. The number of anilines is 2. The van der Waals surface area contributed by atoms with Crippen molar-refractivity contribution in [3.8, 4) is 17.1 Å². The van der Waals surface area contributed by atoms with E-state index in [1.54, 1.807) is 0 Å². The first-order chi connectivity index (χ1) is 15.3. The Morgan fingerprint density at radius 1 is 0.839 bits per heavy atom. The minimum absolute atomic E-state index is 0.497. The van der Waals surface area contributed by atoms with E-state index in [1.165, 1.54) is 0 Å². The molecule has 5 heteroatoms. The molecule has 0 saturated carbocycles. The summed E-state index contributed by atoms with van der Waals surface area (Å²) in [6, 6.07) is 32.8. The van der Waals surface area contributed by atoms with Crippen molar-refractivity contribution in [3.63, 3.8) is 0 Å². The first-order valence-corrected chi connectivity index (χ1v) is 10.4. The molecule has 3 aromatic rings. The number of nitrogens with zero attached hydrogens (tertiary/aromatic N) is 3. The number of benzene rings is 4. The molecule has 0 saturated heterocycles. The fourth-order valence-electron chi connectivity index (χ4n) is 3.79. The minimum atomic E-state index is 0.497. The number of para-hydroxylation sites is 4. The zero-order valence-electron chi connectivity index (χ0n) is 17.1. The molecule has 3 N–H and O–H groups in total. The van der Waals surface area contributed by atoms with Gasteiger partial charge in [0.2, 0.25) is 0 Å². The lowest BCUT2D eigenvalue weighted by molar-refractivity contribution is 0.941. The Morgan fingerprint density at radius 2 is 1.55 bits per heavy atom. The molecule has 3 aromatic carbocycles. The summed E-state index contributed by atoms with van der Waals surface area (Å²) in [6.45, 7) is 1.05. The van der Waals surface area contributed by atoms with Gasteiger partial charge in [0.25, 0.3) is 0 Å². The van der Waals surface area contributed by atoms with Crippen molar-refractivity contribution in [1.82, 2.24) is 9.55 Å². The van der Waals surface area contributed by atoms with Crippen LogP contribution in [-0.2, 0) is 0 Å². The van der Waals surface area contributed by atoms with Gasteiger partial charge in [-0.25, -0.2) is 4.98 Å². The molecule has 0 spiro atoms. The zero-order chi connectivity index (χ0) is 21.0. The molecule has 1 aliphatic heterocycles. The minimum Gasteiger partial charge on any atom is -0.354 e. The molecule has 0 aromatic heterocycles. The van der Waals surface area contributed by atoms with Gasteiger partial charge >= 0.3 is 0 Å². The highest BCUT2D eigenvalue weighted by Gasteiger charge is 2.16. The van der Waals surface area contributed by atoms with E-state index in [1.807, 2.05) is 54.6 Å². The Morgan fingerprint density at radius 3 is 2.32 bits per heavy atom. The molecule has 0 unspecified atom stereocenters. The summed E-state index contributed by atoms with van der Waals surface area (Å²) in [5, 5.41) is 4.36. The van der Waals surface area contributed by atoms with Crippen LogP contribution in [0.15, 0.2) is 102 Å². The van der Waals surface area contributed by atoms with Gasteiger partial charge in [-0.05, 0) is 48.5 Å². The fourth-order valence-corrected chi connectivity index (χ4v) is 3.79. The van der Waals surface area contributed by atoms with Crippen LogP contribution in [0.1, 0.15) is 0 Å². The van der Waals surface area contributed by atoms with Crippen molar-refractivity contribution >= 4 is 22.4 Å². The predicted molar refractivity (Wildman–Crippen MR) is 127 cm³/mol. The van der Waals surface area contributed by atoms with Crippen LogP contribution in [-0.4, -0.2) is 22.6 Å². The van der Waals surface area contributed by atoms with Gasteiger partial charge in [-0.15, -0.1) is 0 Å². The molecule has 5 nitrogen and oxygen atoms in total. The van der Waals surface area contributed by atoms with Gasteiger partial charge in [0, 0.05) is 17.9 Å². The second-order valence-electron chi connectivity index (χ2n) is 7.29. The van der Waals surface area contributed by atoms with Gasteiger partial charge in [0.1, 0.15) is 0 Å². The van der Waals surface area contributed by atoms with Crippen LogP contribution in [0.3, 0.4) is 0 Å². The SMILES string of the molecule is NCC/N=c1/cc2n(-c3ccccc3)c3ccccc3nc-2cc1Nc1ccccc1. The van der Waals surface area contributed by atoms with Gasteiger partial charge in [-0.1, -0.05) is 48.5 Å². The number of fused-ring (bicyclic) bond motifs is 2. The topological polar surface area (TPSA) is 68.2 Å². The third kappa shape index (κ3) is 3.79. The first-order valence-electron chi connectivity index (χ1n) is 10.4. The Hall–Kier alpha value is -3.96. The molecular weight excluding hydrogens is 382 g/mol. The van der Waals surface area contributed by atoms with E-state index in [0.29, 0.717) is 13.1 Å². The van der Waals surface area contributed by atoms with Gasteiger partial charge in [-0.2, -0.15) is 0 Å². The highest BCUT2D eigenvalue weighted by Crippen LogP contribution is 2.30. The first kappa shape index (κ1) is 19.0. The summed E-state index contributed by atoms with van der Waals surface area (Å²) < 4.78 is 2.24. The second kappa shape index (κ2) is 8.42. The second-order valence-corrected chi connectivity index (χ2v) is 7.29. The number of hydrogen-bond donors (Lipinski definition) is 2. The van der Waals surface area contributed by atoms with Crippen molar-refractivity contribution in [3.05, 3.63) is 102 Å². The molecule has 1 aliphatic carbocycles. The van der Waals surface area contributed by atoms with Gasteiger partial charge in [0.05, 0.1) is 40.0 Å². The van der Waals surface area contributed by atoms with Crippen LogP contribution in [0.4, 0.5) is 11.4 Å². The molecule has 152 valence electrons. The van der Waals surface area contributed by atoms with E-state index in [-0.39, 0.29) is 0 Å². The summed E-state index contributed by atoms with van der Waals surface area (Å²) in [7, 11) is 0. The quantitative estimate of drug-likeness (QED) is 0.415. The van der Waals surface area contributed by atoms with Crippen molar-refractivity contribution in [2.45, 2.75) is 0 Å². The van der Waals surface area contributed by atoms with Crippen LogP contribution in [0.25, 0.3) is 28.1 Å². The summed E-state index contributed by atoms with van der Waals surface area (Å²) in [5.41, 5.74) is 12.6. The lowest BCUT2D eigenvalue weighted by Gasteiger charge is -2.20. The van der Waals surface area contributed by atoms with Crippen molar-refractivity contribution < 1.29 is 0 Å². The van der Waals surface area contributed by atoms with Crippen LogP contribution < -0.4 is 16.4 Å². The maximum absolute atomic E-state index is 5.76. The fraction of sp³-hybridized carbons (Fsp3) is 0.0769. The molecular formula is C26H23N5. The molecule has 0 amide bonds. The summed E-state index contributed by atoms with van der Waals surface area (Å²) >= 11 is 0. The third-order valence-corrected chi connectivity index (χ3v) is 5.18. The molecule has 2 aliphatic rings. The standard InChI is InChI=1S/C26H23N5/c27-15-16-28-22-18-26-24(17-23(22)29-19-9-3-1-4-10-19)30-21-13-7-8-14-25(21)31(26)20-11-5-2-6-12-20/h1-14,17-18,29H,15-16,27H2/b28-22-. The smallest absolute Gasteiger partial charge is 0.0900 e. The number of hydrogen-bond acceptors (Lipinski definition) is 4. The lowest BCUT2D eigenvalue weighted by Crippen LogP contribution is -2.16. The van der Waals surface area contributed by atoms with E-state index in [4.69, 9.17) is 15.7 Å². The average Bonchev–Trinajstić information content (AvgIpc) is 2.82. The number of aromatic nitrogens is 2. The Labute approximate surface area is 180 Å². The average molecular weight is 406 g/mol. The van der Waals surface area contributed by atoms with Crippen molar-refractivity contribution in [2.24, 2.45) is 10.7 Å². The van der Waals surface area contributed by atoms with Crippen LogP contribution in [0, 0.1) is 0 Å². The summed E-state index contributed by atoms with van der Waals surface area (Å²) in [5.74, 6) is 0. The Kier molecular flexibility index (Phi) is 5.17. The highest BCUT2D eigenvalue weighted by atomic mass is 15.0. The Bertz CT molecular complexity index is 1360. The van der Waals surface area contributed by atoms with Crippen LogP contribution in [0.2, 0.25) is 0 Å². The van der Waals surface area contributed by atoms with E-state index in [9.17, 15) is 0 Å². The molecule has 0 atom stereocenters. The number of nitrogens with two attached hydrogens (primary N) is 1. The van der Waals surface area contributed by atoms with Gasteiger partial charge in [-0.3, -0.25) is 4.99 Å². The zero-order valence-corrected chi connectivity index (χ0v) is 17.1. The largest absolute Gasteiger partial charge is 0.354 e. The normalized spacial score (nSPS) is 11.8. The molecule has 0 radical (unpaired) electrons. The molecule has 5 rings (SSSR count). The molecule has 1 heterocycles. The summed E-state index contributed by atoms with van der Waals surface area (Å²) in [4.78, 5) is 9.72. The highest BCUT2D eigenvalue weighted by molar-refractivity contribution is 5.84. The third-order valence-electron chi connectivity index (χ3n) is 5.18. The molecule has 0 fully saturated rings. The lowest BCUT2D eigenvalue weighted by atomic mass is 10.1. The maximum Gasteiger partial charge on any atom is 0.0900 e. The van der Waals surface area contributed by atoms with Crippen molar-refractivity contribution in [1.29, 1.82) is 0 Å². The van der Waals surface area contributed by atoms with E-state index < -0.39 is 0 Å². The number of nitrogens with one attached hydrogen (secondary N) is 1. The monoisotopic (exact) mass is 405 g/mol. The van der Waals surface area contributed by atoms with Crippen molar-refractivity contribution in [2.75, 3.05) is 18.4 Å². The maximum atomic E-state index is 5.76. The Balaban J connectivity index is 1.81. The van der Waals surface area contributed by atoms with Gasteiger partial charge < -0.3 is 15.6 Å². The van der Waals surface area contributed by atoms with Crippen LogP contribution in [0.5, 0.6) is 0 Å². The number of rotatable bonds is 5. The van der Waals surface area contributed by atoms with E-state index in [2.05, 4.69) is 52.3 Å². The van der Waals surface area contributed by atoms with E-state index >= 15 is 0 Å². The molecule has 0 bridgehead atoms. The van der Waals surface area contributed by atoms with Crippen LogP contribution >= 0.6 is 0 Å². The van der Waals surface area contributed by atoms with Gasteiger partial charge in [0.15, 0.2) is 0 Å². The predicted octanol–water partition coefficient (Wildman–Crippen LogP) is 4.73. The summed E-state index contributed by atoms with van der Waals surface area (Å²) in [6.07, 6.45) is 0.